The van der Waals surface area contributed by atoms with Crippen LogP contribution in [0, 0.1) is 11.3 Å². The van der Waals surface area contributed by atoms with E-state index in [0.29, 0.717) is 17.1 Å². The average molecular weight is 289 g/mol. The van der Waals surface area contributed by atoms with Crippen molar-refractivity contribution in [2.45, 2.75) is 12.8 Å². The van der Waals surface area contributed by atoms with Crippen molar-refractivity contribution in [3.8, 4) is 17.7 Å². The highest BCUT2D eigenvalue weighted by atomic mass is 16.3. The molecule has 0 radical (unpaired) electrons. The van der Waals surface area contributed by atoms with Crippen LogP contribution in [0.5, 0.6) is 0 Å². The third-order valence-electron chi connectivity index (χ3n) is 3.71. The lowest BCUT2D eigenvalue weighted by Crippen LogP contribution is -1.93. The third-order valence-corrected chi connectivity index (χ3v) is 3.71. The Labute approximate surface area is 125 Å². The van der Waals surface area contributed by atoms with E-state index >= 15 is 0 Å². The molecule has 0 spiro atoms. The zero-order chi connectivity index (χ0) is 15.1. The van der Waals surface area contributed by atoms with Crippen LogP contribution in [0.15, 0.2) is 41.4 Å². The van der Waals surface area contributed by atoms with Crippen LogP contribution in [0.3, 0.4) is 0 Å². The van der Waals surface area contributed by atoms with Gasteiger partial charge in [-0.15, -0.1) is 0 Å². The molecule has 0 saturated carbocycles. The number of pyridine rings is 1. The van der Waals surface area contributed by atoms with Gasteiger partial charge in [-0.1, -0.05) is 6.07 Å². The van der Waals surface area contributed by atoms with E-state index in [0.717, 1.165) is 22.0 Å². The number of H-pyrrole nitrogens is 1. The smallest absolute Gasteiger partial charge is 0.247 e. The quantitative estimate of drug-likeness (QED) is 0.610. The fourth-order valence-corrected chi connectivity index (χ4v) is 2.54. The minimum Gasteiger partial charge on any atom is -0.443 e. The first-order chi connectivity index (χ1) is 10.8. The summed E-state index contributed by atoms with van der Waals surface area (Å²) in [5.74, 6) is 0.266. The van der Waals surface area contributed by atoms with Gasteiger partial charge in [0.05, 0.1) is 35.5 Å². The Morgan fingerprint density at radius 3 is 3.00 bits per heavy atom. The van der Waals surface area contributed by atoms with Crippen molar-refractivity contribution in [2.75, 3.05) is 0 Å². The number of imidazole rings is 1. The Kier molecular flexibility index (Phi) is 2.66. The predicted octanol–water partition coefficient (Wildman–Crippen LogP) is 3.39. The molecule has 22 heavy (non-hydrogen) atoms. The summed E-state index contributed by atoms with van der Waals surface area (Å²) in [4.78, 5) is 16.3. The van der Waals surface area contributed by atoms with Crippen molar-refractivity contribution in [3.63, 3.8) is 0 Å². The summed E-state index contributed by atoms with van der Waals surface area (Å²) in [6.45, 7) is 1.87. The van der Waals surface area contributed by atoms with Crippen molar-refractivity contribution in [2.24, 2.45) is 0 Å². The summed E-state index contributed by atoms with van der Waals surface area (Å²) in [7, 11) is 0. The van der Waals surface area contributed by atoms with E-state index in [1.165, 1.54) is 6.26 Å². The molecule has 1 unspecified atom stereocenters. The molecule has 0 aliphatic heterocycles. The SMILES string of the molecule is CC(C#N)c1ccc2nc(-c3ncco3)c3nc[nH]c3c2c1. The number of nitrogens with one attached hydrogen (secondary N) is 1. The molecule has 1 aromatic carbocycles. The Morgan fingerprint density at radius 2 is 2.23 bits per heavy atom. The van der Waals surface area contributed by atoms with Crippen molar-refractivity contribution in [1.82, 2.24) is 19.9 Å². The monoisotopic (exact) mass is 289 g/mol. The van der Waals surface area contributed by atoms with Crippen LogP contribution < -0.4 is 0 Å². The summed E-state index contributed by atoms with van der Waals surface area (Å²) in [5, 5.41) is 10.0. The second-order valence-electron chi connectivity index (χ2n) is 5.05. The first-order valence-corrected chi connectivity index (χ1v) is 6.84. The van der Waals surface area contributed by atoms with E-state index < -0.39 is 0 Å². The van der Waals surface area contributed by atoms with Crippen molar-refractivity contribution >= 4 is 21.9 Å². The Bertz CT molecular complexity index is 1010. The highest BCUT2D eigenvalue weighted by Crippen LogP contribution is 2.31. The standard InChI is InChI=1S/C16H11N5O/c1-9(7-17)10-2-3-12-11(6-10)13-14(20-8-19-13)15(21-12)16-18-4-5-22-16/h2-6,8-9H,1H3,(H,19,20). The maximum atomic E-state index is 9.10. The summed E-state index contributed by atoms with van der Waals surface area (Å²) in [5.41, 5.74) is 3.94. The van der Waals surface area contributed by atoms with E-state index in [-0.39, 0.29) is 5.92 Å². The third kappa shape index (κ3) is 1.76. The van der Waals surface area contributed by atoms with Gasteiger partial charge in [-0.25, -0.2) is 15.0 Å². The van der Waals surface area contributed by atoms with Crippen LogP contribution in [-0.4, -0.2) is 19.9 Å². The molecule has 0 bridgehead atoms. The highest BCUT2D eigenvalue weighted by molar-refractivity contribution is 6.06. The van der Waals surface area contributed by atoms with Gasteiger partial charge in [0, 0.05) is 5.39 Å². The maximum Gasteiger partial charge on any atom is 0.247 e. The molecule has 0 saturated heterocycles. The number of rotatable bonds is 2. The maximum absolute atomic E-state index is 9.10. The topological polar surface area (TPSA) is 91.4 Å². The summed E-state index contributed by atoms with van der Waals surface area (Å²) < 4.78 is 5.35. The van der Waals surface area contributed by atoms with Crippen molar-refractivity contribution in [3.05, 3.63) is 42.5 Å². The minimum atomic E-state index is -0.172. The van der Waals surface area contributed by atoms with Gasteiger partial charge >= 0.3 is 0 Å². The molecular formula is C16H11N5O. The molecular weight excluding hydrogens is 278 g/mol. The molecule has 1 atom stereocenters. The van der Waals surface area contributed by atoms with Crippen LogP contribution in [0.1, 0.15) is 18.4 Å². The lowest BCUT2D eigenvalue weighted by atomic mass is 10.00. The first-order valence-electron chi connectivity index (χ1n) is 6.84. The molecule has 3 aromatic heterocycles. The second kappa shape index (κ2) is 4.67. The molecule has 4 aromatic rings. The molecule has 3 heterocycles. The van der Waals surface area contributed by atoms with Crippen LogP contribution in [0.2, 0.25) is 0 Å². The summed E-state index contributed by atoms with van der Waals surface area (Å²) >= 11 is 0. The Hall–Kier alpha value is -3.20. The van der Waals surface area contributed by atoms with E-state index in [2.05, 4.69) is 26.0 Å². The number of benzene rings is 1. The lowest BCUT2D eigenvalue weighted by Gasteiger charge is -2.07. The zero-order valence-corrected chi connectivity index (χ0v) is 11.7. The number of hydrogen-bond acceptors (Lipinski definition) is 5. The zero-order valence-electron chi connectivity index (χ0n) is 11.7. The van der Waals surface area contributed by atoms with E-state index in [4.69, 9.17) is 9.68 Å². The average Bonchev–Trinajstić information content (AvgIpc) is 3.24. The summed E-state index contributed by atoms with van der Waals surface area (Å²) in [6, 6.07) is 8.06. The molecule has 6 nitrogen and oxygen atoms in total. The normalized spacial score (nSPS) is 12.5. The van der Waals surface area contributed by atoms with Gasteiger partial charge < -0.3 is 9.40 Å². The number of aromatic amines is 1. The molecule has 0 aliphatic rings. The van der Waals surface area contributed by atoms with Crippen LogP contribution >= 0.6 is 0 Å². The summed E-state index contributed by atoms with van der Waals surface area (Å²) in [6.07, 6.45) is 4.72. The number of nitriles is 1. The van der Waals surface area contributed by atoms with Gasteiger partial charge in [-0.05, 0) is 24.6 Å². The van der Waals surface area contributed by atoms with Gasteiger partial charge in [0.25, 0.3) is 0 Å². The Morgan fingerprint density at radius 1 is 1.32 bits per heavy atom. The minimum absolute atomic E-state index is 0.172. The highest BCUT2D eigenvalue weighted by Gasteiger charge is 2.16. The number of fused-ring (bicyclic) bond motifs is 3. The molecule has 0 fully saturated rings. The lowest BCUT2D eigenvalue weighted by molar-refractivity contribution is 0.573. The molecule has 1 N–H and O–H groups in total. The van der Waals surface area contributed by atoms with Crippen LogP contribution in [0.4, 0.5) is 0 Å². The second-order valence-corrected chi connectivity index (χ2v) is 5.05. The number of aromatic nitrogens is 4. The number of nitrogens with zero attached hydrogens (tertiary/aromatic N) is 4. The largest absolute Gasteiger partial charge is 0.443 e. The number of oxazole rings is 1. The van der Waals surface area contributed by atoms with Gasteiger partial charge in [0.2, 0.25) is 5.89 Å². The molecule has 6 heteroatoms. The van der Waals surface area contributed by atoms with E-state index in [1.54, 1.807) is 12.5 Å². The number of hydrogen-bond donors (Lipinski definition) is 1. The molecule has 4 rings (SSSR count). The molecule has 0 aliphatic carbocycles. The van der Waals surface area contributed by atoms with Crippen molar-refractivity contribution in [1.29, 1.82) is 5.26 Å². The van der Waals surface area contributed by atoms with Crippen LogP contribution in [-0.2, 0) is 0 Å². The van der Waals surface area contributed by atoms with E-state index in [9.17, 15) is 0 Å². The first kappa shape index (κ1) is 12.5. The van der Waals surface area contributed by atoms with Gasteiger partial charge in [0.1, 0.15) is 11.8 Å². The fraction of sp³-hybridized carbons (Fsp3) is 0.125. The fourth-order valence-electron chi connectivity index (χ4n) is 2.54. The molecule has 106 valence electrons. The van der Waals surface area contributed by atoms with Crippen molar-refractivity contribution < 1.29 is 4.42 Å². The van der Waals surface area contributed by atoms with Gasteiger partial charge in [-0.2, -0.15) is 5.26 Å². The Balaban J connectivity index is 2.06. The van der Waals surface area contributed by atoms with Gasteiger partial charge in [0.15, 0.2) is 5.69 Å². The molecule has 0 amide bonds. The van der Waals surface area contributed by atoms with Crippen LogP contribution in [0.25, 0.3) is 33.5 Å². The predicted molar refractivity (Wildman–Crippen MR) is 80.9 cm³/mol. The van der Waals surface area contributed by atoms with Gasteiger partial charge in [-0.3, -0.25) is 0 Å². The van der Waals surface area contributed by atoms with E-state index in [1.807, 2.05) is 25.1 Å².